The zero-order chi connectivity index (χ0) is 18.4. The van der Waals surface area contributed by atoms with Gasteiger partial charge in [-0.15, -0.1) is 0 Å². The number of rotatable bonds is 6. The first kappa shape index (κ1) is 18.4. The molecule has 1 fully saturated rings. The maximum absolute atomic E-state index is 12.0. The molecule has 1 aliphatic carbocycles. The maximum Gasteiger partial charge on any atom is 0.321 e. The number of aryl methyl sites for hydroxylation is 1. The van der Waals surface area contributed by atoms with E-state index in [4.69, 9.17) is 4.74 Å². The standard InChI is InChI=1S/C19H22N4O2S/c1-13(25-12-16-3-4-16)11-21-18(24)23-19-22-14(2)17(26-19)6-5-15-7-9-20-10-8-15/h7-10,13,16H,3-4,11-12H2,1-2H3,(H2,21,22,23,24)/t13-/m1/s1. The van der Waals surface area contributed by atoms with Crippen molar-refractivity contribution in [2.75, 3.05) is 18.5 Å². The molecule has 0 aromatic carbocycles. The van der Waals surface area contributed by atoms with E-state index in [0.29, 0.717) is 11.7 Å². The zero-order valence-corrected chi connectivity index (χ0v) is 15.7. The molecule has 136 valence electrons. The van der Waals surface area contributed by atoms with Gasteiger partial charge in [0.1, 0.15) is 4.88 Å². The Balaban J connectivity index is 1.48. The minimum Gasteiger partial charge on any atom is -0.376 e. The van der Waals surface area contributed by atoms with E-state index < -0.39 is 0 Å². The topological polar surface area (TPSA) is 76.1 Å². The number of carbonyl (C=O) groups is 1. The second-order valence-corrected chi connectivity index (χ2v) is 7.34. The van der Waals surface area contributed by atoms with Crippen LogP contribution in [0.2, 0.25) is 0 Å². The van der Waals surface area contributed by atoms with Gasteiger partial charge in [-0.3, -0.25) is 10.3 Å². The molecule has 3 rings (SSSR count). The smallest absolute Gasteiger partial charge is 0.321 e. The van der Waals surface area contributed by atoms with Crippen LogP contribution in [-0.4, -0.2) is 35.3 Å². The van der Waals surface area contributed by atoms with Crippen LogP contribution in [-0.2, 0) is 4.74 Å². The van der Waals surface area contributed by atoms with E-state index in [1.165, 1.54) is 24.2 Å². The fourth-order valence-electron chi connectivity index (χ4n) is 2.15. The van der Waals surface area contributed by atoms with Crippen molar-refractivity contribution in [3.8, 4) is 11.8 Å². The molecule has 2 N–H and O–H groups in total. The first-order valence-electron chi connectivity index (χ1n) is 8.66. The van der Waals surface area contributed by atoms with Gasteiger partial charge in [0.2, 0.25) is 0 Å². The van der Waals surface area contributed by atoms with Crippen molar-refractivity contribution in [3.63, 3.8) is 0 Å². The number of amides is 2. The largest absolute Gasteiger partial charge is 0.376 e. The third-order valence-electron chi connectivity index (χ3n) is 3.88. The molecular formula is C19H22N4O2S. The lowest BCUT2D eigenvalue weighted by molar-refractivity contribution is 0.0601. The van der Waals surface area contributed by atoms with Crippen molar-refractivity contribution in [2.45, 2.75) is 32.8 Å². The van der Waals surface area contributed by atoms with E-state index in [2.05, 4.69) is 32.4 Å². The summed E-state index contributed by atoms with van der Waals surface area (Å²) in [5.41, 5.74) is 1.69. The molecule has 0 bridgehead atoms. The van der Waals surface area contributed by atoms with Gasteiger partial charge in [0.25, 0.3) is 0 Å². The van der Waals surface area contributed by atoms with Gasteiger partial charge in [-0.05, 0) is 50.7 Å². The summed E-state index contributed by atoms with van der Waals surface area (Å²) in [6, 6.07) is 3.42. The number of anilines is 1. The summed E-state index contributed by atoms with van der Waals surface area (Å²) < 4.78 is 5.69. The number of nitrogens with one attached hydrogen (secondary N) is 2. The third-order valence-corrected chi connectivity index (χ3v) is 4.87. The lowest BCUT2D eigenvalue weighted by atomic mass is 10.2. The van der Waals surface area contributed by atoms with Crippen molar-refractivity contribution < 1.29 is 9.53 Å². The van der Waals surface area contributed by atoms with Crippen molar-refractivity contribution in [2.24, 2.45) is 5.92 Å². The predicted octanol–water partition coefficient (Wildman–Crippen LogP) is 3.18. The molecule has 2 amide bonds. The van der Waals surface area contributed by atoms with E-state index in [9.17, 15) is 4.79 Å². The lowest BCUT2D eigenvalue weighted by Crippen LogP contribution is -2.35. The molecule has 1 aliphatic rings. The number of hydrogen-bond acceptors (Lipinski definition) is 5. The number of hydrogen-bond donors (Lipinski definition) is 2. The first-order valence-corrected chi connectivity index (χ1v) is 9.47. The number of carbonyl (C=O) groups excluding carboxylic acids is 1. The molecule has 7 heteroatoms. The molecule has 2 aromatic heterocycles. The molecule has 0 unspecified atom stereocenters. The minimum atomic E-state index is -0.283. The molecule has 0 radical (unpaired) electrons. The molecule has 0 spiro atoms. The van der Waals surface area contributed by atoms with Crippen molar-refractivity contribution >= 4 is 22.5 Å². The van der Waals surface area contributed by atoms with Crippen LogP contribution in [0.15, 0.2) is 24.5 Å². The molecule has 2 heterocycles. The minimum absolute atomic E-state index is 0.00108. The van der Waals surface area contributed by atoms with E-state index in [-0.39, 0.29) is 12.1 Å². The van der Waals surface area contributed by atoms with Gasteiger partial charge in [-0.2, -0.15) is 0 Å². The molecule has 26 heavy (non-hydrogen) atoms. The normalized spacial score (nSPS) is 14.2. The second kappa shape index (κ2) is 8.79. The van der Waals surface area contributed by atoms with Crippen LogP contribution in [0, 0.1) is 24.7 Å². The number of urea groups is 1. The van der Waals surface area contributed by atoms with E-state index in [1.54, 1.807) is 12.4 Å². The summed E-state index contributed by atoms with van der Waals surface area (Å²) in [5.74, 6) is 6.88. The average Bonchev–Trinajstić information content (AvgIpc) is 3.40. The Kier molecular flexibility index (Phi) is 6.21. The number of thiazole rings is 1. The average molecular weight is 370 g/mol. The zero-order valence-electron chi connectivity index (χ0n) is 14.9. The summed E-state index contributed by atoms with van der Waals surface area (Å²) in [4.78, 5) is 21.2. The Labute approximate surface area is 157 Å². The molecular weight excluding hydrogens is 348 g/mol. The van der Waals surface area contributed by atoms with Crippen molar-refractivity contribution in [1.29, 1.82) is 0 Å². The summed E-state index contributed by atoms with van der Waals surface area (Å²) in [6.45, 7) is 5.10. The summed E-state index contributed by atoms with van der Waals surface area (Å²) in [7, 11) is 0. The quantitative estimate of drug-likeness (QED) is 0.766. The van der Waals surface area contributed by atoms with Crippen molar-refractivity contribution in [1.82, 2.24) is 15.3 Å². The predicted molar refractivity (Wildman–Crippen MR) is 102 cm³/mol. The summed E-state index contributed by atoms with van der Waals surface area (Å²) >= 11 is 1.36. The highest BCUT2D eigenvalue weighted by molar-refractivity contribution is 7.16. The monoisotopic (exact) mass is 370 g/mol. The molecule has 1 atom stereocenters. The van der Waals surface area contributed by atoms with Gasteiger partial charge in [0.15, 0.2) is 5.13 Å². The van der Waals surface area contributed by atoms with Crippen LogP contribution in [0.1, 0.15) is 35.9 Å². The molecule has 1 saturated carbocycles. The summed E-state index contributed by atoms with van der Waals surface area (Å²) in [5, 5.41) is 6.10. The van der Waals surface area contributed by atoms with Crippen molar-refractivity contribution in [3.05, 3.63) is 40.7 Å². The first-order chi connectivity index (χ1) is 12.6. The SMILES string of the molecule is Cc1nc(NC(=O)NC[C@@H](C)OCC2CC2)sc1C#Cc1ccncc1. The Hall–Kier alpha value is -2.43. The number of nitrogens with zero attached hydrogens (tertiary/aromatic N) is 2. The fourth-order valence-corrected chi connectivity index (χ4v) is 2.97. The van der Waals surface area contributed by atoms with E-state index >= 15 is 0 Å². The van der Waals surface area contributed by atoms with Crippen LogP contribution in [0.4, 0.5) is 9.93 Å². The molecule has 6 nitrogen and oxygen atoms in total. The highest BCUT2D eigenvalue weighted by atomic mass is 32.1. The Morgan fingerprint density at radius 2 is 2.15 bits per heavy atom. The van der Waals surface area contributed by atoms with Gasteiger partial charge in [0.05, 0.1) is 11.8 Å². The number of aromatic nitrogens is 2. The molecule has 0 aliphatic heterocycles. The highest BCUT2D eigenvalue weighted by Gasteiger charge is 2.22. The molecule has 2 aromatic rings. The Bertz CT molecular complexity index is 806. The maximum atomic E-state index is 12.0. The summed E-state index contributed by atoms with van der Waals surface area (Å²) in [6.07, 6.45) is 5.93. The highest BCUT2D eigenvalue weighted by Crippen LogP contribution is 2.29. The van der Waals surface area contributed by atoms with Gasteiger partial charge in [0, 0.05) is 31.1 Å². The lowest BCUT2D eigenvalue weighted by Gasteiger charge is -2.13. The van der Waals surface area contributed by atoms with Crippen LogP contribution in [0.5, 0.6) is 0 Å². The number of pyridine rings is 1. The van der Waals surface area contributed by atoms with Crippen LogP contribution >= 0.6 is 11.3 Å². The van der Waals surface area contributed by atoms with Crippen LogP contribution in [0.25, 0.3) is 0 Å². The van der Waals surface area contributed by atoms with Gasteiger partial charge < -0.3 is 10.1 Å². The molecule has 0 saturated heterocycles. The Morgan fingerprint density at radius 1 is 1.38 bits per heavy atom. The Morgan fingerprint density at radius 3 is 2.88 bits per heavy atom. The van der Waals surface area contributed by atoms with E-state index in [0.717, 1.165) is 28.7 Å². The number of ether oxygens (including phenoxy) is 1. The van der Waals surface area contributed by atoms with Gasteiger partial charge in [-0.1, -0.05) is 17.3 Å². The van der Waals surface area contributed by atoms with Gasteiger partial charge in [-0.25, -0.2) is 9.78 Å². The van der Waals surface area contributed by atoms with Crippen LogP contribution < -0.4 is 10.6 Å². The second-order valence-electron chi connectivity index (χ2n) is 6.34. The van der Waals surface area contributed by atoms with Gasteiger partial charge >= 0.3 is 6.03 Å². The van der Waals surface area contributed by atoms with E-state index in [1.807, 2.05) is 26.0 Å². The van der Waals surface area contributed by atoms with Crippen LogP contribution in [0.3, 0.4) is 0 Å². The fraction of sp³-hybridized carbons (Fsp3) is 0.421. The third kappa shape index (κ3) is 5.83.